The third kappa shape index (κ3) is 3.11. The molecule has 0 radical (unpaired) electrons. The van der Waals surface area contributed by atoms with Crippen molar-refractivity contribution >= 4 is 23.8 Å². The molecule has 106 valence electrons. The predicted octanol–water partition coefficient (Wildman–Crippen LogP) is 3.33. The number of nitrogens with zero attached hydrogens (tertiary/aromatic N) is 3. The van der Waals surface area contributed by atoms with E-state index in [0.717, 1.165) is 6.07 Å². The Morgan fingerprint density at radius 3 is 2.60 bits per heavy atom. The lowest BCUT2D eigenvalue weighted by atomic mass is 10.1. The van der Waals surface area contributed by atoms with Crippen LogP contribution in [0.5, 0.6) is 0 Å². The molecule has 0 spiro atoms. The molecule has 1 aromatic heterocycles. The second kappa shape index (κ2) is 5.16. The van der Waals surface area contributed by atoms with Crippen LogP contribution in [0.3, 0.4) is 0 Å². The average Bonchev–Trinajstić information content (AvgIpc) is 2.63. The van der Waals surface area contributed by atoms with E-state index in [1.807, 2.05) is 0 Å². The Morgan fingerprint density at radius 2 is 2.10 bits per heavy atom. The van der Waals surface area contributed by atoms with Crippen LogP contribution in [-0.2, 0) is 6.18 Å². The summed E-state index contributed by atoms with van der Waals surface area (Å²) in [6, 6.07) is 3.37. The van der Waals surface area contributed by atoms with Gasteiger partial charge < -0.3 is 5.73 Å². The van der Waals surface area contributed by atoms with Gasteiger partial charge in [0.15, 0.2) is 0 Å². The van der Waals surface area contributed by atoms with Crippen LogP contribution in [0.4, 0.5) is 19.1 Å². The number of hydrogen-bond donors (Lipinski definition) is 1. The maximum atomic E-state index is 12.5. The van der Waals surface area contributed by atoms with Gasteiger partial charge in [0.05, 0.1) is 28.7 Å². The first-order chi connectivity index (χ1) is 9.27. The lowest BCUT2D eigenvalue weighted by Gasteiger charge is -2.08. The van der Waals surface area contributed by atoms with E-state index in [1.54, 1.807) is 13.1 Å². The number of imidazole rings is 1. The summed E-state index contributed by atoms with van der Waals surface area (Å²) in [5.41, 5.74) is 5.81. The summed E-state index contributed by atoms with van der Waals surface area (Å²) in [4.78, 5) is 3.94. The van der Waals surface area contributed by atoms with E-state index < -0.39 is 11.7 Å². The number of aromatic nitrogens is 2. The first-order valence-electron chi connectivity index (χ1n) is 5.50. The van der Waals surface area contributed by atoms with E-state index >= 15 is 0 Å². The minimum atomic E-state index is -4.47. The van der Waals surface area contributed by atoms with Crippen LogP contribution in [0.15, 0.2) is 29.5 Å². The van der Waals surface area contributed by atoms with Crippen molar-refractivity contribution in [2.24, 2.45) is 5.10 Å². The molecular formula is C12H10ClF3N4. The number of benzene rings is 1. The lowest BCUT2D eigenvalue weighted by molar-refractivity contribution is -0.137. The number of nitrogens with two attached hydrogens (primary N) is 1. The largest absolute Gasteiger partial charge is 0.417 e. The zero-order valence-corrected chi connectivity index (χ0v) is 11.1. The highest BCUT2D eigenvalue weighted by Crippen LogP contribution is 2.34. The molecule has 1 aromatic carbocycles. The van der Waals surface area contributed by atoms with Gasteiger partial charge in [-0.1, -0.05) is 17.7 Å². The van der Waals surface area contributed by atoms with Crippen molar-refractivity contribution in [3.05, 3.63) is 46.2 Å². The van der Waals surface area contributed by atoms with E-state index in [9.17, 15) is 13.2 Å². The molecule has 1 heterocycles. The Kier molecular flexibility index (Phi) is 3.71. The van der Waals surface area contributed by atoms with Crippen LogP contribution in [-0.4, -0.2) is 15.9 Å². The Balaban J connectivity index is 2.27. The Labute approximate surface area is 117 Å². The fourth-order valence-corrected chi connectivity index (χ4v) is 1.86. The molecule has 4 nitrogen and oxygen atoms in total. The molecule has 0 unspecified atom stereocenters. The Morgan fingerprint density at radius 1 is 1.40 bits per heavy atom. The topological polar surface area (TPSA) is 56.2 Å². The first kappa shape index (κ1) is 14.4. The summed E-state index contributed by atoms with van der Waals surface area (Å²) in [5, 5.41) is 3.62. The summed E-state index contributed by atoms with van der Waals surface area (Å²) < 4.78 is 38.9. The van der Waals surface area contributed by atoms with Crippen molar-refractivity contribution in [1.29, 1.82) is 0 Å². The van der Waals surface area contributed by atoms with Gasteiger partial charge in [0.1, 0.15) is 0 Å². The predicted molar refractivity (Wildman–Crippen MR) is 70.8 cm³/mol. The fourth-order valence-electron chi connectivity index (χ4n) is 1.57. The molecule has 0 aliphatic heterocycles. The van der Waals surface area contributed by atoms with Crippen molar-refractivity contribution in [2.45, 2.75) is 13.1 Å². The van der Waals surface area contributed by atoms with E-state index in [2.05, 4.69) is 10.1 Å². The van der Waals surface area contributed by atoms with Crippen molar-refractivity contribution < 1.29 is 13.2 Å². The summed E-state index contributed by atoms with van der Waals surface area (Å²) in [6.07, 6.45) is -1.53. The van der Waals surface area contributed by atoms with Crippen molar-refractivity contribution in [1.82, 2.24) is 9.66 Å². The number of halogens is 4. The second-order valence-electron chi connectivity index (χ2n) is 4.07. The molecule has 20 heavy (non-hydrogen) atoms. The molecule has 0 aliphatic carbocycles. The van der Waals surface area contributed by atoms with Crippen molar-refractivity contribution in [2.75, 3.05) is 5.73 Å². The molecule has 0 fully saturated rings. The van der Waals surface area contributed by atoms with E-state index in [-0.39, 0.29) is 11.0 Å². The number of anilines is 1. The molecule has 0 amide bonds. The monoisotopic (exact) mass is 302 g/mol. The maximum absolute atomic E-state index is 12.5. The third-order valence-electron chi connectivity index (χ3n) is 2.46. The maximum Gasteiger partial charge on any atom is 0.417 e. The van der Waals surface area contributed by atoms with Gasteiger partial charge in [0.2, 0.25) is 5.95 Å². The number of hydrogen-bond acceptors (Lipinski definition) is 3. The molecular weight excluding hydrogens is 293 g/mol. The molecule has 2 aromatic rings. The van der Waals surface area contributed by atoms with Crippen LogP contribution in [0.25, 0.3) is 0 Å². The highest BCUT2D eigenvalue weighted by Gasteiger charge is 2.32. The lowest BCUT2D eigenvalue weighted by Crippen LogP contribution is -2.06. The van der Waals surface area contributed by atoms with Crippen molar-refractivity contribution in [3.8, 4) is 0 Å². The van der Waals surface area contributed by atoms with E-state index in [1.165, 1.54) is 23.0 Å². The zero-order chi connectivity index (χ0) is 14.9. The highest BCUT2D eigenvalue weighted by atomic mass is 35.5. The second-order valence-corrected chi connectivity index (χ2v) is 4.47. The summed E-state index contributed by atoms with van der Waals surface area (Å²) in [6.45, 7) is 1.75. The number of nitrogen functional groups attached to an aromatic ring is 1. The summed E-state index contributed by atoms with van der Waals surface area (Å²) >= 11 is 5.61. The SMILES string of the molecule is Cc1cn(N=Cc2ccc(C(F)(F)F)c(Cl)c2)c(N)n1. The minimum Gasteiger partial charge on any atom is -0.368 e. The van der Waals surface area contributed by atoms with Crippen LogP contribution in [0.2, 0.25) is 5.02 Å². The molecule has 0 aliphatic rings. The fraction of sp³-hybridized carbons (Fsp3) is 0.167. The zero-order valence-electron chi connectivity index (χ0n) is 10.3. The Bertz CT molecular complexity index is 661. The van der Waals surface area contributed by atoms with Crippen molar-refractivity contribution in [3.63, 3.8) is 0 Å². The normalized spacial score (nSPS) is 12.2. The highest BCUT2D eigenvalue weighted by molar-refractivity contribution is 6.31. The van der Waals surface area contributed by atoms with Gasteiger partial charge in [-0.15, -0.1) is 0 Å². The van der Waals surface area contributed by atoms with Gasteiger partial charge in [-0.25, -0.2) is 9.66 Å². The number of alkyl halides is 3. The summed E-state index contributed by atoms with van der Waals surface area (Å²) in [5.74, 6) is 0.191. The van der Waals surface area contributed by atoms with Gasteiger partial charge in [-0.3, -0.25) is 0 Å². The minimum absolute atomic E-state index is 0.191. The van der Waals surface area contributed by atoms with Gasteiger partial charge in [0, 0.05) is 0 Å². The van der Waals surface area contributed by atoms with Gasteiger partial charge in [-0.05, 0) is 24.6 Å². The number of rotatable bonds is 2. The van der Waals surface area contributed by atoms with Crippen LogP contribution in [0.1, 0.15) is 16.8 Å². The Hall–Kier alpha value is -2.02. The van der Waals surface area contributed by atoms with E-state index in [4.69, 9.17) is 17.3 Å². The smallest absolute Gasteiger partial charge is 0.368 e. The van der Waals surface area contributed by atoms with Gasteiger partial charge >= 0.3 is 6.18 Å². The molecule has 2 N–H and O–H groups in total. The molecule has 0 saturated heterocycles. The van der Waals surface area contributed by atoms with E-state index in [0.29, 0.717) is 11.3 Å². The van der Waals surface area contributed by atoms with Gasteiger partial charge in [-0.2, -0.15) is 18.3 Å². The molecule has 0 saturated carbocycles. The average molecular weight is 303 g/mol. The standard InChI is InChI=1S/C12H10ClF3N4/c1-7-6-20(11(17)19-7)18-5-8-2-3-9(10(13)4-8)12(14,15)16/h2-6H,1H3,(H2,17,19). The molecule has 0 atom stereocenters. The van der Waals surface area contributed by atoms with Crippen LogP contribution in [0, 0.1) is 6.92 Å². The molecule has 2 rings (SSSR count). The molecule has 0 bridgehead atoms. The quantitative estimate of drug-likeness (QED) is 0.865. The molecule has 8 heteroatoms. The number of aryl methyl sites for hydroxylation is 1. The summed E-state index contributed by atoms with van der Waals surface area (Å²) in [7, 11) is 0. The first-order valence-corrected chi connectivity index (χ1v) is 5.88. The van der Waals surface area contributed by atoms with Crippen LogP contribution < -0.4 is 5.73 Å². The van der Waals surface area contributed by atoms with Crippen LogP contribution >= 0.6 is 11.6 Å². The van der Waals surface area contributed by atoms with Gasteiger partial charge in [0.25, 0.3) is 0 Å². The third-order valence-corrected chi connectivity index (χ3v) is 2.78.